The van der Waals surface area contributed by atoms with Crippen molar-refractivity contribution in [1.29, 1.82) is 0 Å². The van der Waals surface area contributed by atoms with Crippen LogP contribution >= 0.6 is 0 Å². The minimum absolute atomic E-state index is 0.0839. The van der Waals surface area contributed by atoms with Gasteiger partial charge in [-0.15, -0.1) is 0 Å². The molecule has 6 heteroatoms. The maximum absolute atomic E-state index is 12.7. The van der Waals surface area contributed by atoms with E-state index in [1.54, 1.807) is 0 Å². The van der Waals surface area contributed by atoms with Gasteiger partial charge in [-0.1, -0.05) is 221 Å². The van der Waals surface area contributed by atoms with E-state index in [9.17, 15) is 14.4 Å². The molecule has 0 aliphatic carbocycles. The molecule has 0 aromatic heterocycles. The number of allylic oxidation sites excluding steroid dienone is 16. The van der Waals surface area contributed by atoms with Gasteiger partial charge in [0.2, 0.25) is 0 Å². The van der Waals surface area contributed by atoms with Gasteiger partial charge in [0.15, 0.2) is 6.10 Å². The van der Waals surface area contributed by atoms with Gasteiger partial charge < -0.3 is 14.2 Å². The number of rotatable bonds is 47. The molecule has 0 saturated carbocycles. The van der Waals surface area contributed by atoms with Crippen LogP contribution in [-0.2, 0) is 28.6 Å². The normalized spacial score (nSPS) is 12.8. The first-order chi connectivity index (χ1) is 32.0. The molecule has 0 saturated heterocycles. The molecule has 0 bridgehead atoms. The van der Waals surface area contributed by atoms with Crippen LogP contribution in [0.5, 0.6) is 0 Å². The fourth-order valence-electron chi connectivity index (χ4n) is 7.05. The summed E-state index contributed by atoms with van der Waals surface area (Å²) in [6.45, 7) is 6.41. The molecule has 0 N–H and O–H groups in total. The van der Waals surface area contributed by atoms with E-state index in [4.69, 9.17) is 14.2 Å². The molecule has 1 unspecified atom stereocenters. The zero-order valence-corrected chi connectivity index (χ0v) is 42.2. The molecular formula is C59H98O6. The standard InChI is InChI=1S/C59H98O6/c1-4-7-10-13-16-18-20-21-22-23-24-25-26-27-28-29-30-31-32-33-34-35-36-37-39-40-43-46-49-52-58(61)64-55-56(54-63-57(60)51-48-45-42-15-12-9-6-3)65-59(62)53-50-47-44-41-38-19-17-14-11-8-5-2/h7,10,14,16-18,21-22,24-25,27-28,30-31,33-34,56H,4-6,8-9,11-13,15,19-20,23,26,29,32,35-55H2,1-3H3/b10-7-,17-14-,18-16-,22-21-,25-24-,28-27-,31-30-,34-33-. The van der Waals surface area contributed by atoms with Gasteiger partial charge in [0, 0.05) is 19.3 Å². The molecule has 0 aliphatic rings. The van der Waals surface area contributed by atoms with Crippen molar-refractivity contribution in [2.24, 2.45) is 0 Å². The topological polar surface area (TPSA) is 78.9 Å². The highest BCUT2D eigenvalue weighted by molar-refractivity contribution is 5.71. The summed E-state index contributed by atoms with van der Waals surface area (Å²) in [5.41, 5.74) is 0. The second-order valence-corrected chi connectivity index (χ2v) is 17.4. The van der Waals surface area contributed by atoms with E-state index < -0.39 is 6.10 Å². The second-order valence-electron chi connectivity index (χ2n) is 17.4. The third-order valence-corrected chi connectivity index (χ3v) is 11.1. The van der Waals surface area contributed by atoms with Gasteiger partial charge in [0.25, 0.3) is 0 Å². The first-order valence-electron chi connectivity index (χ1n) is 26.7. The highest BCUT2D eigenvalue weighted by Gasteiger charge is 2.19. The van der Waals surface area contributed by atoms with Crippen LogP contribution in [0.2, 0.25) is 0 Å². The molecule has 0 heterocycles. The molecule has 65 heavy (non-hydrogen) atoms. The van der Waals surface area contributed by atoms with E-state index in [1.165, 1.54) is 77.0 Å². The number of ether oxygens (including phenoxy) is 3. The van der Waals surface area contributed by atoms with E-state index in [0.717, 1.165) is 122 Å². The van der Waals surface area contributed by atoms with E-state index in [-0.39, 0.29) is 31.1 Å². The quantitative estimate of drug-likeness (QED) is 0.0262. The van der Waals surface area contributed by atoms with Crippen LogP contribution < -0.4 is 0 Å². The van der Waals surface area contributed by atoms with E-state index in [1.807, 2.05) is 0 Å². The summed E-state index contributed by atoms with van der Waals surface area (Å²) < 4.78 is 16.7. The smallest absolute Gasteiger partial charge is 0.306 e. The predicted octanol–water partition coefficient (Wildman–Crippen LogP) is 17.8. The SMILES string of the molecule is CC/C=C\C/C=C\C/C=C\C/C=C\C/C=C\C/C=C\C/C=C\CCCCCCCCCC(=O)OCC(COC(=O)CCCCCCCCC)OC(=O)CCCCCCC/C=C\CCCC. The highest BCUT2D eigenvalue weighted by atomic mass is 16.6. The number of esters is 3. The predicted molar refractivity (Wildman–Crippen MR) is 279 cm³/mol. The first kappa shape index (κ1) is 61.3. The molecule has 6 nitrogen and oxygen atoms in total. The zero-order valence-electron chi connectivity index (χ0n) is 42.2. The summed E-state index contributed by atoms with van der Waals surface area (Å²) in [4.78, 5) is 37.7. The molecule has 0 aliphatic heterocycles. The van der Waals surface area contributed by atoms with Crippen molar-refractivity contribution in [1.82, 2.24) is 0 Å². The molecule has 0 aromatic carbocycles. The average Bonchev–Trinajstić information content (AvgIpc) is 3.30. The number of unbranched alkanes of at least 4 members (excludes halogenated alkanes) is 20. The first-order valence-corrected chi connectivity index (χ1v) is 26.7. The number of hydrogen-bond acceptors (Lipinski definition) is 6. The lowest BCUT2D eigenvalue weighted by Crippen LogP contribution is -2.30. The molecular weight excluding hydrogens is 805 g/mol. The lowest BCUT2D eigenvalue weighted by molar-refractivity contribution is -0.167. The Morgan fingerprint density at radius 2 is 0.615 bits per heavy atom. The van der Waals surface area contributed by atoms with Crippen molar-refractivity contribution < 1.29 is 28.6 Å². The Hall–Kier alpha value is -3.67. The van der Waals surface area contributed by atoms with Crippen molar-refractivity contribution in [2.75, 3.05) is 13.2 Å². The van der Waals surface area contributed by atoms with Gasteiger partial charge in [0.1, 0.15) is 13.2 Å². The molecule has 0 radical (unpaired) electrons. The van der Waals surface area contributed by atoms with Crippen LogP contribution in [0.3, 0.4) is 0 Å². The third-order valence-electron chi connectivity index (χ3n) is 11.1. The summed E-state index contributed by atoms with van der Waals surface area (Å²) in [5, 5.41) is 0. The second kappa shape index (κ2) is 52.9. The van der Waals surface area contributed by atoms with Gasteiger partial charge >= 0.3 is 17.9 Å². The number of carbonyl (C=O) groups is 3. The third kappa shape index (κ3) is 51.2. The summed E-state index contributed by atoms with van der Waals surface area (Å²) in [6, 6.07) is 0. The van der Waals surface area contributed by atoms with Gasteiger partial charge in [-0.05, 0) is 96.3 Å². The minimum Gasteiger partial charge on any atom is -0.462 e. The molecule has 370 valence electrons. The van der Waals surface area contributed by atoms with Crippen molar-refractivity contribution in [3.8, 4) is 0 Å². The van der Waals surface area contributed by atoms with Gasteiger partial charge in [-0.25, -0.2) is 0 Å². The van der Waals surface area contributed by atoms with Crippen LogP contribution in [0.25, 0.3) is 0 Å². The highest BCUT2D eigenvalue weighted by Crippen LogP contribution is 2.14. The number of carbonyl (C=O) groups excluding carboxylic acids is 3. The van der Waals surface area contributed by atoms with E-state index in [2.05, 4.69) is 118 Å². The Morgan fingerprint density at radius 1 is 0.323 bits per heavy atom. The van der Waals surface area contributed by atoms with Crippen molar-refractivity contribution >= 4 is 17.9 Å². The van der Waals surface area contributed by atoms with Gasteiger partial charge in [-0.3, -0.25) is 14.4 Å². The van der Waals surface area contributed by atoms with Gasteiger partial charge in [-0.2, -0.15) is 0 Å². The van der Waals surface area contributed by atoms with Crippen molar-refractivity contribution in [2.45, 2.75) is 245 Å². The lowest BCUT2D eigenvalue weighted by atomic mass is 10.1. The fraction of sp³-hybridized carbons (Fsp3) is 0.678. The Kier molecular flexibility index (Phi) is 50.0. The average molecular weight is 903 g/mol. The fourth-order valence-corrected chi connectivity index (χ4v) is 7.05. The Balaban J connectivity index is 4.16. The van der Waals surface area contributed by atoms with Crippen LogP contribution in [0, 0.1) is 0 Å². The van der Waals surface area contributed by atoms with Crippen LogP contribution in [0.15, 0.2) is 97.2 Å². The summed E-state index contributed by atoms with van der Waals surface area (Å²) in [7, 11) is 0. The van der Waals surface area contributed by atoms with Crippen LogP contribution in [0.4, 0.5) is 0 Å². The van der Waals surface area contributed by atoms with E-state index >= 15 is 0 Å². The zero-order chi connectivity index (χ0) is 47.2. The summed E-state index contributed by atoms with van der Waals surface area (Å²) >= 11 is 0. The van der Waals surface area contributed by atoms with Crippen LogP contribution in [0.1, 0.15) is 239 Å². The summed E-state index contributed by atoms with van der Waals surface area (Å²) in [6.07, 6.45) is 69.9. The molecule has 0 aromatic rings. The minimum atomic E-state index is -0.782. The molecule has 1 atom stereocenters. The molecule has 0 fully saturated rings. The van der Waals surface area contributed by atoms with E-state index in [0.29, 0.717) is 19.3 Å². The maximum Gasteiger partial charge on any atom is 0.306 e. The van der Waals surface area contributed by atoms with Gasteiger partial charge in [0.05, 0.1) is 0 Å². The molecule has 0 rings (SSSR count). The summed E-state index contributed by atoms with van der Waals surface area (Å²) in [5.74, 6) is -0.916. The Labute approximate surface area is 400 Å². The Bertz CT molecular complexity index is 1310. The van der Waals surface area contributed by atoms with Crippen molar-refractivity contribution in [3.05, 3.63) is 97.2 Å². The maximum atomic E-state index is 12.7. The number of hydrogen-bond donors (Lipinski definition) is 0. The molecule has 0 spiro atoms. The van der Waals surface area contributed by atoms with Crippen LogP contribution in [-0.4, -0.2) is 37.2 Å². The lowest BCUT2D eigenvalue weighted by Gasteiger charge is -2.18. The monoisotopic (exact) mass is 903 g/mol. The molecule has 0 amide bonds. The largest absolute Gasteiger partial charge is 0.462 e. The van der Waals surface area contributed by atoms with Crippen molar-refractivity contribution in [3.63, 3.8) is 0 Å². The Morgan fingerprint density at radius 3 is 1.00 bits per heavy atom.